The van der Waals surface area contributed by atoms with Crippen LogP contribution in [0, 0.1) is 0 Å². The number of carboxylic acid groups (broad SMARTS) is 1. The second-order valence-electron chi connectivity index (χ2n) is 5.39. The molecule has 0 atom stereocenters. The van der Waals surface area contributed by atoms with Gasteiger partial charge >= 0.3 is 5.97 Å². The number of hydrogen-bond acceptors (Lipinski definition) is 3. The molecule has 5 nitrogen and oxygen atoms in total. The van der Waals surface area contributed by atoms with Crippen LogP contribution in [0.4, 0.5) is 0 Å². The number of carboxylic acids is 1. The minimum Gasteiger partial charge on any atom is -0.478 e. The molecule has 0 saturated carbocycles. The third kappa shape index (κ3) is 1.85. The molecule has 0 bridgehead atoms. The lowest BCUT2D eigenvalue weighted by Crippen LogP contribution is -2.19. The van der Waals surface area contributed by atoms with Crippen molar-refractivity contribution in [1.82, 2.24) is 4.57 Å². The lowest BCUT2D eigenvalue weighted by molar-refractivity contribution is 0.0694. The second-order valence-corrected chi connectivity index (χ2v) is 5.39. The van der Waals surface area contributed by atoms with Gasteiger partial charge in [-0.3, -0.25) is 0 Å². The topological polar surface area (TPSA) is 64.6 Å². The second kappa shape index (κ2) is 4.63. The first-order valence-corrected chi connectivity index (χ1v) is 7.08. The Morgan fingerprint density at radius 1 is 1.19 bits per heavy atom. The molecule has 21 heavy (non-hydrogen) atoms. The fraction of sp³-hybridized carbons (Fsp3) is 0.312. The predicted molar refractivity (Wildman–Crippen MR) is 77.8 cm³/mol. The minimum absolute atomic E-state index is 0.302. The molecule has 1 aliphatic rings. The van der Waals surface area contributed by atoms with E-state index in [9.17, 15) is 9.90 Å². The first-order valence-electron chi connectivity index (χ1n) is 7.08. The summed E-state index contributed by atoms with van der Waals surface area (Å²) >= 11 is 0. The third-order valence-electron chi connectivity index (χ3n) is 4.21. The molecule has 4 rings (SSSR count). The van der Waals surface area contributed by atoms with Gasteiger partial charge in [0, 0.05) is 30.7 Å². The van der Waals surface area contributed by atoms with Crippen molar-refractivity contribution in [1.29, 1.82) is 0 Å². The summed E-state index contributed by atoms with van der Waals surface area (Å²) in [6, 6.07) is 7.47. The van der Waals surface area contributed by atoms with Crippen molar-refractivity contribution in [2.75, 3.05) is 13.2 Å². The van der Waals surface area contributed by atoms with E-state index in [1.807, 2.05) is 12.1 Å². The zero-order valence-electron chi connectivity index (χ0n) is 11.4. The van der Waals surface area contributed by atoms with Crippen molar-refractivity contribution >= 4 is 28.0 Å². The smallest absolute Gasteiger partial charge is 0.335 e. The number of aromatic carboxylic acids is 1. The Kier molecular flexibility index (Phi) is 2.75. The summed E-state index contributed by atoms with van der Waals surface area (Å²) in [6.45, 7) is 1.48. The summed E-state index contributed by atoms with van der Waals surface area (Å²) in [5.41, 5.74) is 3.08. The van der Waals surface area contributed by atoms with E-state index >= 15 is 0 Å². The number of carbonyl (C=O) groups is 1. The van der Waals surface area contributed by atoms with E-state index in [-0.39, 0.29) is 0 Å². The fourth-order valence-electron chi connectivity index (χ4n) is 3.22. The van der Waals surface area contributed by atoms with Crippen molar-refractivity contribution in [3.63, 3.8) is 0 Å². The summed E-state index contributed by atoms with van der Waals surface area (Å²) in [7, 11) is 0. The molecule has 108 valence electrons. The molecular weight excluding hydrogens is 270 g/mol. The van der Waals surface area contributed by atoms with Gasteiger partial charge in [-0.1, -0.05) is 0 Å². The molecule has 0 amide bonds. The number of fused-ring (bicyclic) bond motifs is 3. The van der Waals surface area contributed by atoms with Gasteiger partial charge in [-0.2, -0.15) is 0 Å². The Morgan fingerprint density at radius 2 is 2.00 bits per heavy atom. The summed E-state index contributed by atoms with van der Waals surface area (Å²) in [5.74, 6) is -0.909. The van der Waals surface area contributed by atoms with Crippen LogP contribution in [0.3, 0.4) is 0 Å². The average molecular weight is 285 g/mol. The maximum atomic E-state index is 11.2. The van der Waals surface area contributed by atoms with Gasteiger partial charge in [0.05, 0.1) is 22.9 Å². The van der Waals surface area contributed by atoms with Gasteiger partial charge in [0.25, 0.3) is 0 Å². The number of rotatable bonds is 2. The number of furan rings is 1. The number of ether oxygens (including phenoxy) is 1. The van der Waals surface area contributed by atoms with E-state index < -0.39 is 5.97 Å². The molecule has 2 aromatic heterocycles. The van der Waals surface area contributed by atoms with Crippen LogP contribution < -0.4 is 0 Å². The lowest BCUT2D eigenvalue weighted by Gasteiger charge is -2.25. The molecule has 0 unspecified atom stereocenters. The monoisotopic (exact) mass is 285 g/mol. The van der Waals surface area contributed by atoms with Crippen molar-refractivity contribution in [3.8, 4) is 0 Å². The van der Waals surface area contributed by atoms with E-state index in [0.29, 0.717) is 11.6 Å². The Hall–Kier alpha value is -2.27. The molecule has 0 spiro atoms. The Morgan fingerprint density at radius 3 is 2.76 bits per heavy atom. The van der Waals surface area contributed by atoms with Gasteiger partial charge in [0.2, 0.25) is 0 Å². The van der Waals surface area contributed by atoms with Crippen LogP contribution in [0.1, 0.15) is 29.2 Å². The van der Waals surface area contributed by atoms with Gasteiger partial charge in [-0.25, -0.2) is 4.79 Å². The summed E-state index contributed by atoms with van der Waals surface area (Å²) in [4.78, 5) is 11.2. The summed E-state index contributed by atoms with van der Waals surface area (Å²) in [5, 5.41) is 10.2. The van der Waals surface area contributed by atoms with E-state index in [1.165, 1.54) is 0 Å². The Balaban J connectivity index is 2.00. The van der Waals surface area contributed by atoms with Gasteiger partial charge in [0.15, 0.2) is 5.58 Å². The highest BCUT2D eigenvalue weighted by Crippen LogP contribution is 2.36. The predicted octanol–water partition coefficient (Wildman–Crippen LogP) is 3.44. The SMILES string of the molecule is O=C(O)c1ccc2c3occc3n(C3CCOCC3)c2c1. The summed E-state index contributed by atoms with van der Waals surface area (Å²) in [6.07, 6.45) is 3.55. The van der Waals surface area contributed by atoms with Gasteiger partial charge < -0.3 is 18.8 Å². The zero-order chi connectivity index (χ0) is 14.4. The van der Waals surface area contributed by atoms with Crippen LogP contribution in [-0.2, 0) is 4.74 Å². The number of aromatic nitrogens is 1. The first-order chi connectivity index (χ1) is 10.3. The number of hydrogen-bond donors (Lipinski definition) is 1. The van der Waals surface area contributed by atoms with Crippen LogP contribution in [-0.4, -0.2) is 28.9 Å². The molecule has 1 aliphatic heterocycles. The highest BCUT2D eigenvalue weighted by Gasteiger charge is 2.23. The zero-order valence-corrected chi connectivity index (χ0v) is 11.4. The average Bonchev–Trinajstić information content (AvgIpc) is 3.07. The Bertz CT molecular complexity index is 823. The molecule has 5 heteroatoms. The lowest BCUT2D eigenvalue weighted by atomic mass is 10.1. The van der Waals surface area contributed by atoms with Gasteiger partial charge in [0.1, 0.15) is 0 Å². The molecule has 3 heterocycles. The largest absolute Gasteiger partial charge is 0.478 e. The Labute approximate surface area is 120 Å². The van der Waals surface area contributed by atoms with Crippen LogP contribution >= 0.6 is 0 Å². The van der Waals surface area contributed by atoms with E-state index in [2.05, 4.69) is 4.57 Å². The highest BCUT2D eigenvalue weighted by atomic mass is 16.5. The van der Waals surface area contributed by atoms with Crippen LogP contribution in [0.25, 0.3) is 22.0 Å². The van der Waals surface area contributed by atoms with Crippen molar-refractivity contribution in [2.45, 2.75) is 18.9 Å². The normalized spacial score (nSPS) is 16.8. The number of nitrogens with zero attached hydrogens (tertiary/aromatic N) is 1. The number of benzene rings is 1. The maximum Gasteiger partial charge on any atom is 0.335 e. The molecular formula is C16H15NO4. The highest BCUT2D eigenvalue weighted by molar-refractivity contribution is 6.07. The quantitative estimate of drug-likeness (QED) is 0.783. The molecule has 3 aromatic rings. The van der Waals surface area contributed by atoms with E-state index in [4.69, 9.17) is 9.15 Å². The van der Waals surface area contributed by atoms with Crippen molar-refractivity contribution < 1.29 is 19.1 Å². The van der Waals surface area contributed by atoms with Crippen molar-refractivity contribution in [2.24, 2.45) is 0 Å². The third-order valence-corrected chi connectivity index (χ3v) is 4.21. The van der Waals surface area contributed by atoms with E-state index in [1.54, 1.807) is 18.4 Å². The van der Waals surface area contributed by atoms with E-state index in [0.717, 1.165) is 48.1 Å². The summed E-state index contributed by atoms with van der Waals surface area (Å²) < 4.78 is 13.2. The van der Waals surface area contributed by atoms with Crippen molar-refractivity contribution in [3.05, 3.63) is 36.1 Å². The fourth-order valence-corrected chi connectivity index (χ4v) is 3.22. The van der Waals surface area contributed by atoms with Gasteiger partial charge in [-0.05, 0) is 31.0 Å². The molecule has 1 aromatic carbocycles. The molecule has 0 aliphatic carbocycles. The van der Waals surface area contributed by atoms with Gasteiger partial charge in [-0.15, -0.1) is 0 Å². The molecule has 1 saturated heterocycles. The molecule has 0 radical (unpaired) electrons. The molecule has 1 fully saturated rings. The molecule has 1 N–H and O–H groups in total. The maximum absolute atomic E-state index is 11.2. The van der Waals surface area contributed by atoms with Crippen LogP contribution in [0.2, 0.25) is 0 Å². The first kappa shape index (κ1) is 12.5. The standard InChI is InChI=1S/C16H15NO4/c18-16(19)10-1-2-12-14(9-10)17(11-3-6-20-7-4-11)13-5-8-21-15(12)13/h1-2,5,8-9,11H,3-4,6-7H2,(H,18,19). The van der Waals surface area contributed by atoms with Crippen LogP contribution in [0.5, 0.6) is 0 Å². The van der Waals surface area contributed by atoms with Crippen LogP contribution in [0.15, 0.2) is 34.9 Å². The minimum atomic E-state index is -0.909.